The number of hydrogen-bond acceptors (Lipinski definition) is 4. The molecule has 1 N–H and O–H groups in total. The summed E-state index contributed by atoms with van der Waals surface area (Å²) in [5, 5.41) is 9.77. The van der Waals surface area contributed by atoms with Crippen molar-refractivity contribution >= 4 is 11.8 Å². The number of ketones is 1. The van der Waals surface area contributed by atoms with E-state index < -0.39 is 17.0 Å². The average molecular weight is 202 g/mol. The van der Waals surface area contributed by atoms with Crippen LogP contribution in [0.15, 0.2) is 0 Å². The van der Waals surface area contributed by atoms with Crippen molar-refractivity contribution in [3.63, 3.8) is 0 Å². The van der Waals surface area contributed by atoms with Gasteiger partial charge in [0.05, 0.1) is 13.5 Å². The molecule has 0 saturated carbocycles. The summed E-state index contributed by atoms with van der Waals surface area (Å²) in [5.74, 6) is -0.956. The maximum Gasteiger partial charge on any atom is 0.308 e. The van der Waals surface area contributed by atoms with Gasteiger partial charge in [-0.05, 0) is 6.92 Å². The Kier molecular flexibility index (Phi) is 3.82. The highest BCUT2D eigenvalue weighted by Crippen LogP contribution is 2.25. The summed E-state index contributed by atoms with van der Waals surface area (Å²) in [7, 11) is 1.22. The molecule has 0 aliphatic carbocycles. The molecule has 0 bridgehead atoms. The molecule has 4 heteroatoms. The van der Waals surface area contributed by atoms with Gasteiger partial charge >= 0.3 is 5.97 Å². The smallest absolute Gasteiger partial charge is 0.308 e. The van der Waals surface area contributed by atoms with Gasteiger partial charge in [0.1, 0.15) is 5.60 Å². The van der Waals surface area contributed by atoms with Gasteiger partial charge in [-0.15, -0.1) is 0 Å². The molecule has 0 aromatic heterocycles. The highest BCUT2D eigenvalue weighted by atomic mass is 16.5. The first kappa shape index (κ1) is 13.1. The minimum absolute atomic E-state index is 0.306. The van der Waals surface area contributed by atoms with Gasteiger partial charge in [0.2, 0.25) is 0 Å². The standard InChI is InChI=1S/C10H18O4/c1-9(2,3)8(12)10(4,13)6-7(11)14-5/h13H,6H2,1-5H3. The van der Waals surface area contributed by atoms with Crippen LogP contribution in [-0.4, -0.2) is 29.6 Å². The molecule has 0 aliphatic rings. The van der Waals surface area contributed by atoms with E-state index in [-0.39, 0.29) is 12.2 Å². The number of ether oxygens (including phenoxy) is 1. The maximum atomic E-state index is 11.7. The number of rotatable bonds is 3. The van der Waals surface area contributed by atoms with E-state index in [9.17, 15) is 14.7 Å². The third-order valence-electron chi connectivity index (χ3n) is 1.89. The Morgan fingerprint density at radius 1 is 1.21 bits per heavy atom. The molecule has 0 heterocycles. The minimum Gasteiger partial charge on any atom is -0.469 e. The first-order chi connectivity index (χ1) is 6.11. The molecule has 0 amide bonds. The van der Waals surface area contributed by atoms with Gasteiger partial charge in [0, 0.05) is 5.41 Å². The number of carbonyl (C=O) groups excluding carboxylic acids is 2. The first-order valence-corrected chi connectivity index (χ1v) is 4.45. The third-order valence-corrected chi connectivity index (χ3v) is 1.89. The van der Waals surface area contributed by atoms with Crippen LogP contribution in [0.2, 0.25) is 0 Å². The Hall–Kier alpha value is -0.900. The van der Waals surface area contributed by atoms with E-state index in [4.69, 9.17) is 0 Å². The average Bonchev–Trinajstić information content (AvgIpc) is 2.00. The number of Topliss-reactive ketones (excluding diaryl/α,β-unsaturated/α-hetero) is 1. The SMILES string of the molecule is COC(=O)CC(C)(O)C(=O)C(C)(C)C. The fourth-order valence-electron chi connectivity index (χ4n) is 1.24. The Morgan fingerprint density at radius 3 is 1.93 bits per heavy atom. The lowest BCUT2D eigenvalue weighted by molar-refractivity contribution is -0.155. The molecule has 0 aromatic rings. The zero-order chi connectivity index (χ0) is 11.6. The van der Waals surface area contributed by atoms with Crippen molar-refractivity contribution in [2.75, 3.05) is 7.11 Å². The molecule has 0 spiro atoms. The van der Waals surface area contributed by atoms with Crippen LogP contribution in [0.1, 0.15) is 34.1 Å². The van der Waals surface area contributed by atoms with E-state index in [1.54, 1.807) is 20.8 Å². The number of methoxy groups -OCH3 is 1. The van der Waals surface area contributed by atoms with Crippen LogP contribution in [0.25, 0.3) is 0 Å². The predicted molar refractivity (Wildman–Crippen MR) is 51.7 cm³/mol. The van der Waals surface area contributed by atoms with Gasteiger partial charge in [0.25, 0.3) is 0 Å². The van der Waals surface area contributed by atoms with Crippen molar-refractivity contribution in [3.8, 4) is 0 Å². The normalized spacial score (nSPS) is 15.9. The second-order valence-corrected chi connectivity index (χ2v) is 4.61. The number of esters is 1. The van der Waals surface area contributed by atoms with Gasteiger partial charge in [-0.3, -0.25) is 9.59 Å². The number of carbonyl (C=O) groups is 2. The molecular weight excluding hydrogens is 184 g/mol. The van der Waals surface area contributed by atoms with Crippen LogP contribution in [0.3, 0.4) is 0 Å². The molecule has 0 fully saturated rings. The van der Waals surface area contributed by atoms with Crippen molar-refractivity contribution in [2.45, 2.75) is 39.7 Å². The van der Waals surface area contributed by atoms with Crippen molar-refractivity contribution in [2.24, 2.45) is 5.41 Å². The van der Waals surface area contributed by atoms with Crippen LogP contribution in [0.4, 0.5) is 0 Å². The van der Waals surface area contributed by atoms with Crippen LogP contribution < -0.4 is 0 Å². The monoisotopic (exact) mass is 202 g/mol. The second kappa shape index (κ2) is 4.09. The van der Waals surface area contributed by atoms with E-state index in [2.05, 4.69) is 4.74 Å². The summed E-state index contributed by atoms with van der Waals surface area (Å²) in [4.78, 5) is 22.6. The van der Waals surface area contributed by atoms with Gasteiger partial charge in [-0.1, -0.05) is 20.8 Å². The Balaban J connectivity index is 4.63. The van der Waals surface area contributed by atoms with Crippen LogP contribution >= 0.6 is 0 Å². The summed E-state index contributed by atoms with van der Waals surface area (Å²) < 4.78 is 4.40. The zero-order valence-corrected chi connectivity index (χ0v) is 9.38. The van der Waals surface area contributed by atoms with Crippen molar-refractivity contribution in [1.82, 2.24) is 0 Å². The van der Waals surface area contributed by atoms with E-state index >= 15 is 0 Å². The van der Waals surface area contributed by atoms with Crippen LogP contribution in [0.5, 0.6) is 0 Å². The molecule has 0 radical (unpaired) electrons. The van der Waals surface area contributed by atoms with E-state index in [0.717, 1.165) is 0 Å². The largest absolute Gasteiger partial charge is 0.469 e. The van der Waals surface area contributed by atoms with Crippen molar-refractivity contribution in [3.05, 3.63) is 0 Å². The zero-order valence-electron chi connectivity index (χ0n) is 9.38. The van der Waals surface area contributed by atoms with Crippen LogP contribution in [-0.2, 0) is 14.3 Å². The van der Waals surface area contributed by atoms with Crippen molar-refractivity contribution in [1.29, 1.82) is 0 Å². The summed E-state index contributed by atoms with van der Waals surface area (Å²) in [6.07, 6.45) is -0.306. The molecule has 0 rings (SSSR count). The molecule has 82 valence electrons. The van der Waals surface area contributed by atoms with Crippen LogP contribution in [0, 0.1) is 5.41 Å². The second-order valence-electron chi connectivity index (χ2n) is 4.61. The lowest BCUT2D eigenvalue weighted by Crippen LogP contribution is -2.44. The summed E-state index contributed by atoms with van der Waals surface area (Å²) in [6, 6.07) is 0. The molecule has 1 unspecified atom stereocenters. The van der Waals surface area contributed by atoms with E-state index in [0.29, 0.717) is 0 Å². The molecular formula is C10H18O4. The highest BCUT2D eigenvalue weighted by Gasteiger charge is 2.39. The molecule has 0 aliphatic heterocycles. The quantitative estimate of drug-likeness (QED) is 0.691. The molecule has 14 heavy (non-hydrogen) atoms. The van der Waals surface area contributed by atoms with Gasteiger partial charge in [-0.25, -0.2) is 0 Å². The fourth-order valence-corrected chi connectivity index (χ4v) is 1.24. The summed E-state index contributed by atoms with van der Waals surface area (Å²) >= 11 is 0. The molecule has 0 aromatic carbocycles. The predicted octanol–water partition coefficient (Wildman–Crippen LogP) is 0.916. The van der Waals surface area contributed by atoms with Gasteiger partial charge in [0.15, 0.2) is 5.78 Å². The van der Waals surface area contributed by atoms with Gasteiger partial charge < -0.3 is 9.84 Å². The summed E-state index contributed by atoms with van der Waals surface area (Å²) in [5.41, 5.74) is -2.32. The Morgan fingerprint density at radius 2 is 1.64 bits per heavy atom. The fraction of sp³-hybridized carbons (Fsp3) is 0.800. The molecule has 1 atom stereocenters. The maximum absolute atomic E-state index is 11.7. The number of hydrogen-bond donors (Lipinski definition) is 1. The Bertz CT molecular complexity index is 235. The van der Waals surface area contributed by atoms with Crippen molar-refractivity contribution < 1.29 is 19.4 Å². The summed E-state index contributed by atoms with van der Waals surface area (Å²) in [6.45, 7) is 6.42. The lowest BCUT2D eigenvalue weighted by atomic mass is 9.80. The van der Waals surface area contributed by atoms with Gasteiger partial charge in [-0.2, -0.15) is 0 Å². The topological polar surface area (TPSA) is 63.6 Å². The lowest BCUT2D eigenvalue weighted by Gasteiger charge is -2.28. The number of aliphatic hydroxyl groups is 1. The highest BCUT2D eigenvalue weighted by molar-refractivity contribution is 5.94. The molecule has 4 nitrogen and oxygen atoms in total. The minimum atomic E-state index is -1.65. The Labute approximate surface area is 84.3 Å². The van der Waals surface area contributed by atoms with E-state index in [1.807, 2.05) is 0 Å². The third kappa shape index (κ3) is 3.46. The van der Waals surface area contributed by atoms with E-state index in [1.165, 1.54) is 14.0 Å². The molecule has 0 saturated heterocycles. The first-order valence-electron chi connectivity index (χ1n) is 4.45.